The summed E-state index contributed by atoms with van der Waals surface area (Å²) in [6, 6.07) is 10.9. The first-order chi connectivity index (χ1) is 11.3. The molecule has 2 atom stereocenters. The second-order valence-electron chi connectivity index (χ2n) is 6.41. The minimum Gasteiger partial charge on any atom is -0.374 e. The highest BCUT2D eigenvalue weighted by atomic mass is 16.2. The van der Waals surface area contributed by atoms with Crippen LogP contribution in [-0.4, -0.2) is 56.4 Å². The first-order valence-corrected chi connectivity index (χ1v) is 8.53. The predicted octanol–water partition coefficient (Wildman–Crippen LogP) is 1.75. The van der Waals surface area contributed by atoms with Crippen molar-refractivity contribution in [2.24, 2.45) is 10.9 Å². The summed E-state index contributed by atoms with van der Waals surface area (Å²) in [4.78, 5) is 21.1. The molecule has 0 aromatic heterocycles. The zero-order valence-electron chi connectivity index (χ0n) is 13.8. The van der Waals surface area contributed by atoms with Crippen molar-refractivity contribution >= 4 is 17.9 Å². The van der Waals surface area contributed by atoms with E-state index < -0.39 is 0 Å². The van der Waals surface area contributed by atoms with Crippen LogP contribution in [0.2, 0.25) is 0 Å². The van der Waals surface area contributed by atoms with Gasteiger partial charge >= 0.3 is 0 Å². The van der Waals surface area contributed by atoms with Gasteiger partial charge in [-0.2, -0.15) is 0 Å². The van der Waals surface area contributed by atoms with E-state index >= 15 is 0 Å². The van der Waals surface area contributed by atoms with Gasteiger partial charge in [0.2, 0.25) is 5.91 Å². The summed E-state index contributed by atoms with van der Waals surface area (Å²) in [6.45, 7) is 3.51. The van der Waals surface area contributed by atoms with Gasteiger partial charge < -0.3 is 15.1 Å². The molecular weight excluding hydrogens is 288 g/mol. The van der Waals surface area contributed by atoms with Gasteiger partial charge in [0.1, 0.15) is 0 Å². The molecule has 0 unspecified atom stereocenters. The normalized spacial score (nSPS) is 25.1. The Morgan fingerprint density at radius 1 is 1.17 bits per heavy atom. The summed E-state index contributed by atoms with van der Waals surface area (Å²) in [7, 11) is 1.76. The molecule has 0 bridgehead atoms. The molecule has 2 fully saturated rings. The Balaban J connectivity index is 1.49. The lowest BCUT2D eigenvalue weighted by Crippen LogP contribution is -2.50. The Kier molecular flexibility index (Phi) is 5.16. The van der Waals surface area contributed by atoms with Crippen molar-refractivity contribution in [3.8, 4) is 0 Å². The van der Waals surface area contributed by atoms with Crippen molar-refractivity contribution < 1.29 is 4.79 Å². The Morgan fingerprint density at radius 2 is 1.91 bits per heavy atom. The van der Waals surface area contributed by atoms with Crippen LogP contribution in [0, 0.1) is 5.92 Å². The summed E-state index contributed by atoms with van der Waals surface area (Å²) in [5, 5.41) is 3.28. The van der Waals surface area contributed by atoms with E-state index in [-0.39, 0.29) is 5.92 Å². The summed E-state index contributed by atoms with van der Waals surface area (Å²) in [6.07, 6.45) is 4.74. The molecule has 124 valence electrons. The summed E-state index contributed by atoms with van der Waals surface area (Å²) in [5.41, 5.74) is 1.25. The summed E-state index contributed by atoms with van der Waals surface area (Å²) in [5.74, 6) is 0.525. The standard InChI is InChI=1S/C18H26N4O/c1-19-14-20-16-8-7-15(13-16)18(23)22-11-9-21(10-12-22)17-5-3-2-4-6-17/h2-6,14-16H,7-13H2,1H3,(H,19,20)/t15-,16-/m0/s1. The molecule has 1 aliphatic heterocycles. The van der Waals surface area contributed by atoms with E-state index in [1.165, 1.54) is 5.69 Å². The molecule has 1 heterocycles. The van der Waals surface area contributed by atoms with Gasteiger partial charge in [0.15, 0.2) is 0 Å². The minimum atomic E-state index is 0.182. The lowest BCUT2D eigenvalue weighted by molar-refractivity contribution is -0.135. The van der Waals surface area contributed by atoms with E-state index in [2.05, 4.69) is 44.4 Å². The fourth-order valence-electron chi connectivity index (χ4n) is 3.62. The number of piperazine rings is 1. The fourth-order valence-corrected chi connectivity index (χ4v) is 3.62. The van der Waals surface area contributed by atoms with Crippen LogP contribution < -0.4 is 10.2 Å². The first kappa shape index (κ1) is 15.8. The van der Waals surface area contributed by atoms with E-state index in [1.54, 1.807) is 13.4 Å². The number of para-hydroxylation sites is 1. The topological polar surface area (TPSA) is 47.9 Å². The maximum atomic E-state index is 12.7. The number of hydrogen-bond acceptors (Lipinski definition) is 3. The SMILES string of the molecule is CN=CN[C@H]1CC[C@H](C(=O)N2CCN(c3ccccc3)CC2)C1. The van der Waals surface area contributed by atoms with Crippen molar-refractivity contribution in [2.75, 3.05) is 38.1 Å². The quantitative estimate of drug-likeness (QED) is 0.680. The number of carbonyl (C=O) groups is 1. The van der Waals surface area contributed by atoms with Crippen molar-refractivity contribution in [1.82, 2.24) is 10.2 Å². The van der Waals surface area contributed by atoms with Crippen molar-refractivity contribution in [1.29, 1.82) is 0 Å². The number of nitrogens with zero attached hydrogens (tertiary/aromatic N) is 3. The molecule has 1 aromatic carbocycles. The largest absolute Gasteiger partial charge is 0.374 e. The number of amides is 1. The zero-order chi connectivity index (χ0) is 16.1. The van der Waals surface area contributed by atoms with Gasteiger partial charge in [0, 0.05) is 50.9 Å². The maximum absolute atomic E-state index is 12.7. The first-order valence-electron chi connectivity index (χ1n) is 8.53. The van der Waals surface area contributed by atoms with E-state index in [1.807, 2.05) is 6.07 Å². The summed E-state index contributed by atoms with van der Waals surface area (Å²) < 4.78 is 0. The van der Waals surface area contributed by atoms with Crippen LogP contribution in [0.5, 0.6) is 0 Å². The Hall–Kier alpha value is -2.04. The van der Waals surface area contributed by atoms with Crippen molar-refractivity contribution in [3.05, 3.63) is 30.3 Å². The molecule has 2 aliphatic rings. The second-order valence-corrected chi connectivity index (χ2v) is 6.41. The van der Waals surface area contributed by atoms with Gasteiger partial charge in [-0.05, 0) is 31.4 Å². The predicted molar refractivity (Wildman–Crippen MR) is 93.9 cm³/mol. The van der Waals surface area contributed by atoms with Crippen molar-refractivity contribution in [2.45, 2.75) is 25.3 Å². The number of hydrogen-bond donors (Lipinski definition) is 1. The molecule has 5 nitrogen and oxygen atoms in total. The zero-order valence-corrected chi connectivity index (χ0v) is 13.8. The molecule has 23 heavy (non-hydrogen) atoms. The van der Waals surface area contributed by atoms with E-state index in [9.17, 15) is 4.79 Å². The molecule has 1 aliphatic carbocycles. The second kappa shape index (κ2) is 7.49. The molecule has 3 rings (SSSR count). The Labute approximate surface area is 138 Å². The smallest absolute Gasteiger partial charge is 0.225 e. The highest BCUT2D eigenvalue weighted by molar-refractivity contribution is 5.79. The summed E-state index contributed by atoms with van der Waals surface area (Å²) >= 11 is 0. The monoisotopic (exact) mass is 314 g/mol. The number of carbonyl (C=O) groups excluding carboxylic acids is 1. The molecular formula is C18H26N4O. The van der Waals surface area contributed by atoms with Crippen LogP contribution in [0.3, 0.4) is 0 Å². The van der Waals surface area contributed by atoms with Gasteiger partial charge in [-0.1, -0.05) is 18.2 Å². The number of anilines is 1. The molecule has 1 saturated heterocycles. The van der Waals surface area contributed by atoms with Crippen LogP contribution in [0.15, 0.2) is 35.3 Å². The third-order valence-electron chi connectivity index (χ3n) is 4.93. The van der Waals surface area contributed by atoms with Gasteiger partial charge in [-0.15, -0.1) is 0 Å². The van der Waals surface area contributed by atoms with Crippen molar-refractivity contribution in [3.63, 3.8) is 0 Å². The highest BCUT2D eigenvalue weighted by Gasteiger charge is 2.33. The Morgan fingerprint density at radius 3 is 2.61 bits per heavy atom. The number of rotatable bonds is 4. The molecule has 1 amide bonds. The molecule has 1 saturated carbocycles. The average Bonchev–Trinajstić information content (AvgIpc) is 3.09. The molecule has 5 heteroatoms. The maximum Gasteiger partial charge on any atom is 0.225 e. The van der Waals surface area contributed by atoms with Crippen LogP contribution in [0.4, 0.5) is 5.69 Å². The number of nitrogens with one attached hydrogen (secondary N) is 1. The third-order valence-corrected chi connectivity index (χ3v) is 4.93. The molecule has 0 radical (unpaired) electrons. The van der Waals surface area contributed by atoms with E-state index in [4.69, 9.17) is 0 Å². The lowest BCUT2D eigenvalue weighted by atomic mass is 10.1. The molecule has 0 spiro atoms. The highest BCUT2D eigenvalue weighted by Crippen LogP contribution is 2.28. The van der Waals surface area contributed by atoms with Gasteiger partial charge in [-0.25, -0.2) is 0 Å². The molecule has 1 N–H and O–H groups in total. The Bertz CT molecular complexity index is 537. The fraction of sp³-hybridized carbons (Fsp3) is 0.556. The van der Waals surface area contributed by atoms with Gasteiger partial charge in [0.25, 0.3) is 0 Å². The average molecular weight is 314 g/mol. The number of benzene rings is 1. The lowest BCUT2D eigenvalue weighted by Gasteiger charge is -2.37. The van der Waals surface area contributed by atoms with Crippen LogP contribution in [0.25, 0.3) is 0 Å². The van der Waals surface area contributed by atoms with Crippen LogP contribution in [0.1, 0.15) is 19.3 Å². The minimum absolute atomic E-state index is 0.182. The van der Waals surface area contributed by atoms with Crippen LogP contribution >= 0.6 is 0 Å². The number of aliphatic imine (C=N–C) groups is 1. The van der Waals surface area contributed by atoms with Gasteiger partial charge in [0.05, 0.1) is 6.34 Å². The molecule has 1 aromatic rings. The van der Waals surface area contributed by atoms with E-state index in [0.717, 1.165) is 45.4 Å². The van der Waals surface area contributed by atoms with Gasteiger partial charge in [-0.3, -0.25) is 9.79 Å². The van der Waals surface area contributed by atoms with Crippen LogP contribution in [-0.2, 0) is 4.79 Å². The third kappa shape index (κ3) is 3.84. The van der Waals surface area contributed by atoms with E-state index in [0.29, 0.717) is 11.9 Å².